The summed E-state index contributed by atoms with van der Waals surface area (Å²) in [6, 6.07) is 0. The molecule has 0 rings (SSSR count). The van der Waals surface area contributed by atoms with Gasteiger partial charge in [0.2, 0.25) is 0 Å². The van der Waals surface area contributed by atoms with Crippen molar-refractivity contribution in [2.75, 3.05) is 6.54 Å². The van der Waals surface area contributed by atoms with E-state index in [1.165, 1.54) is 63.4 Å². The van der Waals surface area contributed by atoms with E-state index in [9.17, 15) is 0 Å². The smallest absolute Gasteiger partial charge is 0.0215 e. The average molecular weight is 664 g/mol. The number of allylic oxidation sites excluding steroid dienone is 1. The topological polar surface area (TPSA) is 3.24 Å². The van der Waals surface area contributed by atoms with Crippen molar-refractivity contribution in [3.05, 3.63) is 12.2 Å². The fourth-order valence-electron chi connectivity index (χ4n) is 10.4. The molecule has 276 valence electrons. The van der Waals surface area contributed by atoms with Crippen molar-refractivity contribution < 1.29 is 0 Å². The fraction of sp³-hybridized carbons (Fsp3) is 0.955. The van der Waals surface area contributed by atoms with E-state index < -0.39 is 0 Å². The molecular formula is C44H90NP. The lowest BCUT2D eigenvalue weighted by Crippen LogP contribution is -2.54. The van der Waals surface area contributed by atoms with E-state index in [-0.39, 0.29) is 38.0 Å². The summed E-state index contributed by atoms with van der Waals surface area (Å²) in [5.74, 6) is 1.89. The summed E-state index contributed by atoms with van der Waals surface area (Å²) in [5, 5.41) is 0. The first-order valence-corrected chi connectivity index (χ1v) is 20.3. The molecule has 1 nitrogen and oxygen atoms in total. The molecule has 0 bridgehead atoms. The van der Waals surface area contributed by atoms with Gasteiger partial charge in [-0.2, -0.15) is 0 Å². The van der Waals surface area contributed by atoms with Gasteiger partial charge in [0.15, 0.2) is 0 Å². The van der Waals surface area contributed by atoms with Gasteiger partial charge in [0.05, 0.1) is 0 Å². The minimum atomic E-state index is -0.0218. The highest BCUT2D eigenvalue weighted by molar-refractivity contribution is 7.13. The molecule has 0 N–H and O–H groups in total. The Kier molecular flexibility index (Phi) is 16.5. The highest BCUT2D eigenvalue weighted by atomic mass is 31.0. The maximum absolute atomic E-state index is 5.00. The third-order valence-electron chi connectivity index (χ3n) is 15.6. The van der Waals surface area contributed by atoms with Crippen molar-refractivity contribution >= 4 is 9.39 Å². The predicted molar refractivity (Wildman–Crippen MR) is 216 cm³/mol. The molecule has 0 saturated carbocycles. The van der Waals surface area contributed by atoms with E-state index in [2.05, 4.69) is 159 Å². The van der Waals surface area contributed by atoms with Crippen LogP contribution in [0.2, 0.25) is 0 Å². The molecule has 0 aromatic rings. The van der Waals surface area contributed by atoms with Gasteiger partial charge in [0.1, 0.15) is 0 Å². The van der Waals surface area contributed by atoms with E-state index in [0.29, 0.717) is 23.2 Å². The molecule has 0 aromatic heterocycles. The zero-order valence-electron chi connectivity index (χ0n) is 36.0. The number of hydrogen-bond acceptors (Lipinski definition) is 1. The SMILES string of the molecule is C=C(C(C)(C)C(C)(C)CC(C)C)C(C)(C)C(C)(C)CC(C)(CC)C(C(C)C(C)(CC)CCC)C(C)(CC)CC(C)(CC)N(P)CC. The molecule has 0 aliphatic rings. The van der Waals surface area contributed by atoms with Gasteiger partial charge in [-0.3, -0.25) is 4.67 Å². The first-order valence-electron chi connectivity index (χ1n) is 19.8. The third-order valence-corrected chi connectivity index (χ3v) is 16.6. The molecule has 7 atom stereocenters. The Morgan fingerprint density at radius 2 is 1.02 bits per heavy atom. The van der Waals surface area contributed by atoms with Gasteiger partial charge in [0, 0.05) is 5.54 Å². The molecule has 0 fully saturated rings. The lowest BCUT2D eigenvalue weighted by atomic mass is 9.45. The summed E-state index contributed by atoms with van der Waals surface area (Å²) >= 11 is 0. The van der Waals surface area contributed by atoms with Crippen molar-refractivity contribution in [3.63, 3.8) is 0 Å². The molecule has 2 heteroatoms. The van der Waals surface area contributed by atoms with Crippen LogP contribution in [0.3, 0.4) is 0 Å². The predicted octanol–water partition coefficient (Wildman–Crippen LogP) is 15.1. The van der Waals surface area contributed by atoms with Gasteiger partial charge in [-0.05, 0) is 101 Å². The lowest BCUT2D eigenvalue weighted by Gasteiger charge is -2.61. The molecule has 0 radical (unpaired) electrons. The van der Waals surface area contributed by atoms with Crippen LogP contribution in [0.1, 0.15) is 203 Å². The summed E-state index contributed by atoms with van der Waals surface area (Å²) in [7, 11) is 3.11. The van der Waals surface area contributed by atoms with Gasteiger partial charge in [0.25, 0.3) is 0 Å². The zero-order valence-corrected chi connectivity index (χ0v) is 37.2. The third kappa shape index (κ3) is 9.46. The summed E-state index contributed by atoms with van der Waals surface area (Å²) in [6.45, 7) is 58.8. The Morgan fingerprint density at radius 3 is 1.37 bits per heavy atom. The number of hydrogen-bond donors (Lipinski definition) is 0. The zero-order chi connectivity index (χ0) is 37.0. The van der Waals surface area contributed by atoms with E-state index >= 15 is 0 Å². The summed E-state index contributed by atoms with van der Waals surface area (Å²) in [4.78, 5) is 0. The first kappa shape index (κ1) is 46.1. The molecule has 0 amide bonds. The fourth-order valence-corrected chi connectivity index (χ4v) is 10.7. The number of rotatable bonds is 22. The normalized spacial score (nSPS) is 20.5. The summed E-state index contributed by atoms with van der Waals surface area (Å²) < 4.78 is 2.56. The Balaban J connectivity index is 7.46. The second-order valence-corrected chi connectivity index (χ2v) is 20.7. The largest absolute Gasteiger partial charge is 0.282 e. The van der Waals surface area contributed by atoms with Crippen LogP contribution in [-0.2, 0) is 0 Å². The van der Waals surface area contributed by atoms with Crippen molar-refractivity contribution in [2.45, 2.75) is 209 Å². The Hall–Kier alpha value is 0.130. The van der Waals surface area contributed by atoms with Crippen molar-refractivity contribution in [1.82, 2.24) is 4.67 Å². The molecule has 0 heterocycles. The first-order chi connectivity index (χ1) is 20.5. The lowest BCUT2D eigenvalue weighted by molar-refractivity contribution is -0.0994. The van der Waals surface area contributed by atoms with Gasteiger partial charge in [-0.25, -0.2) is 0 Å². The standard InChI is InChI=1S/C44H90NP/c1-23-29-41(19,24-2)34(9)36(43(21,26-4)32-44(22,27-5)45(46)28-6)42(20,25-3)31-38(13,14)40(17,18)35(10)39(15,16)37(11,12)30-33(7)8/h33-34,36H,10,23-32,46H2,1-9,11-22H3. The Morgan fingerprint density at radius 1 is 0.609 bits per heavy atom. The van der Waals surface area contributed by atoms with Crippen LogP contribution < -0.4 is 0 Å². The van der Waals surface area contributed by atoms with Crippen LogP contribution in [0.25, 0.3) is 0 Å². The van der Waals surface area contributed by atoms with Crippen LogP contribution in [0.4, 0.5) is 0 Å². The molecule has 46 heavy (non-hydrogen) atoms. The van der Waals surface area contributed by atoms with Crippen LogP contribution in [0, 0.1) is 55.7 Å². The van der Waals surface area contributed by atoms with E-state index in [0.717, 1.165) is 6.54 Å². The summed E-state index contributed by atoms with van der Waals surface area (Å²) in [5.41, 5.74) is 2.55. The molecule has 7 unspecified atom stereocenters. The monoisotopic (exact) mass is 664 g/mol. The molecule has 0 saturated heterocycles. The maximum atomic E-state index is 5.00. The highest BCUT2D eigenvalue weighted by Gasteiger charge is 2.56. The quantitative estimate of drug-likeness (QED) is 0.0823. The number of nitrogens with zero attached hydrogens (tertiary/aromatic N) is 1. The molecular weight excluding hydrogens is 573 g/mol. The second-order valence-electron chi connectivity index (χ2n) is 20.1. The van der Waals surface area contributed by atoms with E-state index in [1.807, 2.05) is 0 Å². The second kappa shape index (κ2) is 16.4. The molecule has 0 aliphatic carbocycles. The Labute approximate surface area is 296 Å². The molecule has 0 aromatic carbocycles. The van der Waals surface area contributed by atoms with E-state index in [4.69, 9.17) is 6.58 Å². The van der Waals surface area contributed by atoms with Crippen molar-refractivity contribution in [2.24, 2.45) is 55.7 Å². The Bertz CT molecular complexity index is 942. The van der Waals surface area contributed by atoms with Gasteiger partial charge in [-0.15, -0.1) is 0 Å². The maximum Gasteiger partial charge on any atom is 0.0215 e. The van der Waals surface area contributed by atoms with Crippen LogP contribution in [-0.4, -0.2) is 16.8 Å². The van der Waals surface area contributed by atoms with Gasteiger partial charge < -0.3 is 0 Å². The van der Waals surface area contributed by atoms with E-state index in [1.54, 1.807) is 0 Å². The van der Waals surface area contributed by atoms with Gasteiger partial charge >= 0.3 is 0 Å². The van der Waals surface area contributed by atoms with Crippen LogP contribution in [0.5, 0.6) is 0 Å². The molecule has 0 spiro atoms. The average Bonchev–Trinajstić information content (AvgIpc) is 2.94. The molecule has 0 aliphatic heterocycles. The van der Waals surface area contributed by atoms with Gasteiger partial charge in [-0.1, -0.05) is 186 Å². The highest BCUT2D eigenvalue weighted by Crippen LogP contribution is 2.64. The summed E-state index contributed by atoms with van der Waals surface area (Å²) in [6.07, 6.45) is 11.1. The van der Waals surface area contributed by atoms with Crippen molar-refractivity contribution in [3.8, 4) is 0 Å². The van der Waals surface area contributed by atoms with Crippen LogP contribution in [0.15, 0.2) is 12.2 Å². The van der Waals surface area contributed by atoms with Crippen molar-refractivity contribution in [1.29, 1.82) is 0 Å². The minimum Gasteiger partial charge on any atom is -0.282 e. The van der Waals surface area contributed by atoms with Crippen LogP contribution >= 0.6 is 9.39 Å². The minimum absolute atomic E-state index is 0.0218.